The predicted molar refractivity (Wildman–Crippen MR) is 81.1 cm³/mol. The molecule has 0 unspecified atom stereocenters. The van der Waals surface area contributed by atoms with Gasteiger partial charge < -0.3 is 19.9 Å². The third-order valence-electron chi connectivity index (χ3n) is 3.01. The van der Waals surface area contributed by atoms with Crippen molar-refractivity contribution in [3.05, 3.63) is 30.3 Å². The molecule has 5 heteroatoms. The highest BCUT2D eigenvalue weighted by Gasteiger charge is 2.30. The molecule has 0 aromatic heterocycles. The third kappa shape index (κ3) is 5.73. The summed E-state index contributed by atoms with van der Waals surface area (Å²) in [6, 6.07) is 8.77. The van der Waals surface area contributed by atoms with E-state index >= 15 is 0 Å². The molecule has 0 saturated heterocycles. The predicted octanol–water partition coefficient (Wildman–Crippen LogP) is 2.00. The Bertz CT molecular complexity index is 420. The normalized spacial score (nSPS) is 15.3. The lowest BCUT2D eigenvalue weighted by molar-refractivity contribution is -0.160. The zero-order valence-corrected chi connectivity index (χ0v) is 13.1. The van der Waals surface area contributed by atoms with Crippen LogP contribution in [0.1, 0.15) is 20.8 Å². The van der Waals surface area contributed by atoms with Gasteiger partial charge in [0.15, 0.2) is 6.10 Å². The molecule has 2 N–H and O–H groups in total. The standard InChI is InChI=1S/C16H25NO4/c1-11(2)15(20-13-8-6-5-7-9-13)14(10-19-4)21-16(18)12(3)17/h5-9,11-12,14-15H,10,17H2,1-4H3/t12-,14+,15+/m0/s1. The van der Waals surface area contributed by atoms with Crippen molar-refractivity contribution in [2.45, 2.75) is 39.0 Å². The van der Waals surface area contributed by atoms with Crippen LogP contribution in [0.5, 0.6) is 5.75 Å². The van der Waals surface area contributed by atoms with Gasteiger partial charge in [0.1, 0.15) is 17.9 Å². The van der Waals surface area contributed by atoms with Crippen molar-refractivity contribution in [2.24, 2.45) is 11.7 Å². The summed E-state index contributed by atoms with van der Waals surface area (Å²) < 4.78 is 16.6. The van der Waals surface area contributed by atoms with Gasteiger partial charge in [0.05, 0.1) is 6.61 Å². The van der Waals surface area contributed by atoms with Crippen LogP contribution in [0.3, 0.4) is 0 Å². The summed E-state index contributed by atoms with van der Waals surface area (Å²) in [5.74, 6) is 0.416. The third-order valence-corrected chi connectivity index (χ3v) is 3.01. The van der Waals surface area contributed by atoms with E-state index in [-0.39, 0.29) is 18.6 Å². The number of nitrogens with two attached hydrogens (primary N) is 1. The second kappa shape index (κ2) is 8.64. The first-order chi connectivity index (χ1) is 9.95. The lowest BCUT2D eigenvalue weighted by Gasteiger charge is -2.30. The number of carbonyl (C=O) groups is 1. The molecule has 0 radical (unpaired) electrons. The maximum Gasteiger partial charge on any atom is 0.323 e. The molecule has 21 heavy (non-hydrogen) atoms. The van der Waals surface area contributed by atoms with Crippen molar-refractivity contribution >= 4 is 5.97 Å². The van der Waals surface area contributed by atoms with Crippen molar-refractivity contribution in [3.63, 3.8) is 0 Å². The maximum absolute atomic E-state index is 11.7. The second-order valence-electron chi connectivity index (χ2n) is 5.36. The average Bonchev–Trinajstić information content (AvgIpc) is 2.45. The molecule has 0 aliphatic heterocycles. The van der Waals surface area contributed by atoms with Gasteiger partial charge in [0, 0.05) is 7.11 Å². The van der Waals surface area contributed by atoms with Crippen LogP contribution in [0.15, 0.2) is 30.3 Å². The van der Waals surface area contributed by atoms with E-state index in [0.717, 1.165) is 5.75 Å². The van der Waals surface area contributed by atoms with Crippen molar-refractivity contribution < 1.29 is 19.0 Å². The number of para-hydroxylation sites is 1. The molecule has 0 spiro atoms. The van der Waals surface area contributed by atoms with Crippen LogP contribution in [-0.2, 0) is 14.3 Å². The molecule has 0 saturated carbocycles. The Morgan fingerprint density at radius 3 is 2.29 bits per heavy atom. The van der Waals surface area contributed by atoms with Crippen molar-refractivity contribution in [3.8, 4) is 5.75 Å². The first kappa shape index (κ1) is 17.5. The smallest absolute Gasteiger partial charge is 0.323 e. The van der Waals surface area contributed by atoms with Gasteiger partial charge in [-0.05, 0) is 25.0 Å². The molecule has 1 aromatic carbocycles. The van der Waals surface area contributed by atoms with Gasteiger partial charge in [-0.3, -0.25) is 4.79 Å². The van der Waals surface area contributed by atoms with Gasteiger partial charge in [-0.25, -0.2) is 0 Å². The van der Waals surface area contributed by atoms with Crippen molar-refractivity contribution in [1.82, 2.24) is 0 Å². The van der Waals surface area contributed by atoms with E-state index in [0.29, 0.717) is 0 Å². The lowest BCUT2D eigenvalue weighted by Crippen LogP contribution is -2.45. The van der Waals surface area contributed by atoms with E-state index in [2.05, 4.69) is 0 Å². The molecule has 0 aliphatic carbocycles. The van der Waals surface area contributed by atoms with E-state index in [1.165, 1.54) is 0 Å². The fraction of sp³-hybridized carbons (Fsp3) is 0.562. The molecule has 1 aromatic rings. The Kier molecular flexibility index (Phi) is 7.19. The van der Waals surface area contributed by atoms with E-state index in [4.69, 9.17) is 19.9 Å². The molecule has 0 fully saturated rings. The SMILES string of the molecule is COC[C@@H](OC(=O)[C@H](C)N)[C@H](Oc1ccccc1)C(C)C. The largest absolute Gasteiger partial charge is 0.486 e. The Labute approximate surface area is 126 Å². The Morgan fingerprint density at radius 2 is 1.81 bits per heavy atom. The molecule has 0 aliphatic rings. The molecule has 118 valence electrons. The molecular weight excluding hydrogens is 270 g/mol. The van der Waals surface area contributed by atoms with Gasteiger partial charge in [0.2, 0.25) is 0 Å². The average molecular weight is 295 g/mol. The highest BCUT2D eigenvalue weighted by atomic mass is 16.6. The van der Waals surface area contributed by atoms with Crippen LogP contribution in [-0.4, -0.2) is 37.9 Å². The van der Waals surface area contributed by atoms with Crippen LogP contribution in [0.4, 0.5) is 0 Å². The fourth-order valence-corrected chi connectivity index (χ4v) is 1.91. The summed E-state index contributed by atoms with van der Waals surface area (Å²) in [7, 11) is 1.56. The van der Waals surface area contributed by atoms with E-state index in [1.807, 2.05) is 44.2 Å². The second-order valence-corrected chi connectivity index (χ2v) is 5.36. The summed E-state index contributed by atoms with van der Waals surface area (Å²) in [5.41, 5.74) is 5.55. The Hall–Kier alpha value is -1.59. The molecule has 0 bridgehead atoms. The van der Waals surface area contributed by atoms with Crippen LogP contribution in [0.25, 0.3) is 0 Å². The quantitative estimate of drug-likeness (QED) is 0.743. The Balaban J connectivity index is 2.84. The first-order valence-electron chi connectivity index (χ1n) is 7.12. The number of hydrogen-bond donors (Lipinski definition) is 1. The summed E-state index contributed by atoms with van der Waals surface area (Å²) >= 11 is 0. The van der Waals surface area contributed by atoms with Gasteiger partial charge in [-0.2, -0.15) is 0 Å². The number of benzene rings is 1. The highest BCUT2D eigenvalue weighted by molar-refractivity contribution is 5.75. The molecular formula is C16H25NO4. The highest BCUT2D eigenvalue weighted by Crippen LogP contribution is 2.20. The summed E-state index contributed by atoms with van der Waals surface area (Å²) in [5, 5.41) is 0. The minimum Gasteiger partial charge on any atom is -0.486 e. The molecule has 0 amide bonds. The Morgan fingerprint density at radius 1 is 1.19 bits per heavy atom. The van der Waals surface area contributed by atoms with Crippen LogP contribution in [0, 0.1) is 5.92 Å². The maximum atomic E-state index is 11.7. The van der Waals surface area contributed by atoms with E-state index in [9.17, 15) is 4.79 Å². The van der Waals surface area contributed by atoms with Gasteiger partial charge >= 0.3 is 5.97 Å². The molecule has 3 atom stereocenters. The summed E-state index contributed by atoms with van der Waals surface area (Å²) in [6.45, 7) is 5.87. The van der Waals surface area contributed by atoms with E-state index < -0.39 is 18.1 Å². The molecule has 1 rings (SSSR count). The first-order valence-corrected chi connectivity index (χ1v) is 7.12. The zero-order valence-electron chi connectivity index (χ0n) is 13.1. The van der Waals surface area contributed by atoms with Crippen LogP contribution < -0.4 is 10.5 Å². The number of methoxy groups -OCH3 is 1. The van der Waals surface area contributed by atoms with Crippen LogP contribution >= 0.6 is 0 Å². The lowest BCUT2D eigenvalue weighted by atomic mass is 10.0. The topological polar surface area (TPSA) is 70.8 Å². The molecule has 5 nitrogen and oxygen atoms in total. The number of carbonyl (C=O) groups excluding carboxylic acids is 1. The zero-order chi connectivity index (χ0) is 15.8. The van der Waals surface area contributed by atoms with Crippen molar-refractivity contribution in [1.29, 1.82) is 0 Å². The summed E-state index contributed by atoms with van der Waals surface area (Å²) in [6.07, 6.45) is -0.816. The monoisotopic (exact) mass is 295 g/mol. The number of esters is 1. The number of rotatable bonds is 8. The number of hydrogen-bond acceptors (Lipinski definition) is 5. The minimum absolute atomic E-state index is 0.145. The van der Waals surface area contributed by atoms with Gasteiger partial charge in [0.25, 0.3) is 0 Å². The number of ether oxygens (including phenoxy) is 3. The van der Waals surface area contributed by atoms with Crippen LogP contribution in [0.2, 0.25) is 0 Å². The minimum atomic E-state index is -0.672. The summed E-state index contributed by atoms with van der Waals surface area (Å²) in [4.78, 5) is 11.7. The van der Waals surface area contributed by atoms with Gasteiger partial charge in [-0.15, -0.1) is 0 Å². The molecule has 0 heterocycles. The fourth-order valence-electron chi connectivity index (χ4n) is 1.91. The van der Waals surface area contributed by atoms with Crippen molar-refractivity contribution in [2.75, 3.05) is 13.7 Å². The van der Waals surface area contributed by atoms with Gasteiger partial charge in [-0.1, -0.05) is 32.0 Å². The van der Waals surface area contributed by atoms with E-state index in [1.54, 1.807) is 14.0 Å².